The van der Waals surface area contributed by atoms with E-state index < -0.39 is 0 Å². The van der Waals surface area contributed by atoms with Crippen molar-refractivity contribution in [2.45, 2.75) is 0 Å². The Bertz CT molecular complexity index is 1020. The van der Waals surface area contributed by atoms with E-state index >= 15 is 0 Å². The van der Waals surface area contributed by atoms with Crippen molar-refractivity contribution in [3.63, 3.8) is 0 Å². The molecule has 0 spiro atoms. The third-order valence-electron chi connectivity index (χ3n) is 3.59. The molecule has 0 fully saturated rings. The molecule has 1 aromatic heterocycles. The van der Waals surface area contributed by atoms with E-state index in [1.165, 1.54) is 0 Å². The van der Waals surface area contributed by atoms with Gasteiger partial charge in [-0.15, -0.1) is 0 Å². The van der Waals surface area contributed by atoms with Crippen molar-refractivity contribution in [2.24, 2.45) is 11.5 Å². The lowest BCUT2D eigenvalue weighted by Crippen LogP contribution is -2.10. The van der Waals surface area contributed by atoms with Crippen LogP contribution in [0.3, 0.4) is 0 Å². The maximum Gasteiger partial charge on any atom is 0.246 e. The number of amidine groups is 2. The highest BCUT2D eigenvalue weighted by atomic mass is 16.5. The SMILES string of the molecule is N=C(N)c1cccc(Oc2ccc(N)c(Oc3cccc(C(=N)N)c3)n2)c1. The highest BCUT2D eigenvalue weighted by molar-refractivity contribution is 5.95. The van der Waals surface area contributed by atoms with Gasteiger partial charge < -0.3 is 26.7 Å². The van der Waals surface area contributed by atoms with Gasteiger partial charge in [0.15, 0.2) is 0 Å². The monoisotopic (exact) mass is 362 g/mol. The molecule has 27 heavy (non-hydrogen) atoms. The van der Waals surface area contributed by atoms with Crippen molar-refractivity contribution < 1.29 is 9.47 Å². The summed E-state index contributed by atoms with van der Waals surface area (Å²) in [5.74, 6) is 1.23. The van der Waals surface area contributed by atoms with Gasteiger partial charge in [0.2, 0.25) is 11.8 Å². The van der Waals surface area contributed by atoms with Crippen LogP contribution in [-0.4, -0.2) is 16.7 Å². The fourth-order valence-electron chi connectivity index (χ4n) is 2.26. The van der Waals surface area contributed by atoms with Crippen LogP contribution in [0.5, 0.6) is 23.3 Å². The standard InChI is InChI=1S/C19H18N6O2/c20-15-7-8-16(26-13-5-1-3-11(9-13)17(21)22)25-19(15)27-14-6-2-4-12(10-14)18(23)24/h1-10H,20H2,(H3,21,22)(H3,23,24). The molecule has 8 N–H and O–H groups in total. The van der Waals surface area contributed by atoms with Gasteiger partial charge >= 0.3 is 0 Å². The predicted octanol–water partition coefficient (Wildman–Crippen LogP) is 2.82. The number of anilines is 1. The van der Waals surface area contributed by atoms with Crippen LogP contribution in [0.1, 0.15) is 11.1 Å². The molecule has 0 atom stereocenters. The van der Waals surface area contributed by atoms with E-state index in [1.807, 2.05) is 0 Å². The Kier molecular flexibility index (Phi) is 4.89. The number of nitrogens with one attached hydrogen (secondary N) is 2. The Morgan fingerprint density at radius 3 is 1.89 bits per heavy atom. The summed E-state index contributed by atoms with van der Waals surface area (Å²) in [6.45, 7) is 0. The number of benzene rings is 2. The first-order chi connectivity index (χ1) is 12.9. The molecule has 1 heterocycles. The van der Waals surface area contributed by atoms with Crippen molar-refractivity contribution in [1.29, 1.82) is 10.8 Å². The molecule has 3 aromatic rings. The fraction of sp³-hybridized carbons (Fsp3) is 0. The summed E-state index contributed by atoms with van der Waals surface area (Å²) in [5, 5.41) is 15.0. The minimum absolute atomic E-state index is 0.0555. The van der Waals surface area contributed by atoms with Crippen molar-refractivity contribution in [3.05, 3.63) is 71.8 Å². The summed E-state index contributed by atoms with van der Waals surface area (Å²) in [6.07, 6.45) is 0. The van der Waals surface area contributed by atoms with Crippen LogP contribution in [0.25, 0.3) is 0 Å². The molecule has 0 aliphatic carbocycles. The van der Waals surface area contributed by atoms with Gasteiger partial charge in [0, 0.05) is 17.2 Å². The molecular formula is C19H18N6O2. The molecule has 136 valence electrons. The van der Waals surface area contributed by atoms with Gasteiger partial charge in [0.1, 0.15) is 23.2 Å². The number of nitrogen functional groups attached to an aromatic ring is 3. The van der Waals surface area contributed by atoms with Gasteiger partial charge in [-0.3, -0.25) is 10.8 Å². The number of pyridine rings is 1. The average molecular weight is 362 g/mol. The number of hydrogen-bond acceptors (Lipinski definition) is 6. The second-order valence-electron chi connectivity index (χ2n) is 5.63. The Morgan fingerprint density at radius 2 is 1.33 bits per heavy atom. The zero-order valence-corrected chi connectivity index (χ0v) is 14.3. The van der Waals surface area contributed by atoms with Crippen LogP contribution in [0.15, 0.2) is 60.7 Å². The van der Waals surface area contributed by atoms with Gasteiger partial charge in [-0.2, -0.15) is 4.98 Å². The summed E-state index contributed by atoms with van der Waals surface area (Å²) in [7, 11) is 0. The third kappa shape index (κ3) is 4.31. The lowest BCUT2D eigenvalue weighted by molar-refractivity contribution is 0.428. The number of aromatic nitrogens is 1. The lowest BCUT2D eigenvalue weighted by atomic mass is 10.2. The van der Waals surface area contributed by atoms with Crippen molar-refractivity contribution in [2.75, 3.05) is 5.73 Å². The number of ether oxygens (including phenoxy) is 2. The molecule has 0 saturated heterocycles. The third-order valence-corrected chi connectivity index (χ3v) is 3.59. The summed E-state index contributed by atoms with van der Waals surface area (Å²) < 4.78 is 11.4. The predicted molar refractivity (Wildman–Crippen MR) is 104 cm³/mol. The maximum atomic E-state index is 7.50. The number of hydrogen-bond donors (Lipinski definition) is 5. The Balaban J connectivity index is 1.84. The van der Waals surface area contributed by atoms with Crippen LogP contribution in [0.2, 0.25) is 0 Å². The van der Waals surface area contributed by atoms with E-state index in [4.69, 9.17) is 37.5 Å². The Labute approximate surface area is 155 Å². The van der Waals surface area contributed by atoms with Gasteiger partial charge in [-0.1, -0.05) is 24.3 Å². The molecule has 0 aliphatic heterocycles. The van der Waals surface area contributed by atoms with Crippen LogP contribution in [0.4, 0.5) is 5.69 Å². The van der Waals surface area contributed by atoms with E-state index in [0.717, 1.165) is 0 Å². The summed E-state index contributed by atoms with van der Waals surface area (Å²) >= 11 is 0. The first kappa shape index (κ1) is 17.7. The highest BCUT2D eigenvalue weighted by Gasteiger charge is 2.09. The second-order valence-corrected chi connectivity index (χ2v) is 5.63. The van der Waals surface area contributed by atoms with Crippen LogP contribution < -0.4 is 26.7 Å². The van der Waals surface area contributed by atoms with Crippen molar-refractivity contribution in [1.82, 2.24) is 4.98 Å². The molecule has 0 bridgehead atoms. The molecule has 0 aliphatic rings. The number of nitrogens with zero attached hydrogens (tertiary/aromatic N) is 1. The molecule has 0 unspecified atom stereocenters. The number of rotatable bonds is 6. The molecular weight excluding hydrogens is 344 g/mol. The van der Waals surface area contributed by atoms with E-state index in [0.29, 0.717) is 28.3 Å². The minimum Gasteiger partial charge on any atom is -0.439 e. The first-order valence-corrected chi connectivity index (χ1v) is 7.93. The number of nitrogens with two attached hydrogens (primary N) is 3. The van der Waals surface area contributed by atoms with Crippen molar-refractivity contribution in [3.8, 4) is 23.3 Å². The van der Waals surface area contributed by atoms with E-state index in [1.54, 1.807) is 60.7 Å². The Hall–Kier alpha value is -4.07. The molecule has 0 saturated carbocycles. The fourth-order valence-corrected chi connectivity index (χ4v) is 2.26. The summed E-state index contributed by atoms with van der Waals surface area (Å²) in [4.78, 5) is 4.27. The van der Waals surface area contributed by atoms with Crippen LogP contribution in [-0.2, 0) is 0 Å². The zero-order chi connectivity index (χ0) is 19.4. The zero-order valence-electron chi connectivity index (χ0n) is 14.3. The Morgan fingerprint density at radius 1 is 0.778 bits per heavy atom. The van der Waals surface area contributed by atoms with E-state index in [9.17, 15) is 0 Å². The smallest absolute Gasteiger partial charge is 0.246 e. The molecule has 0 radical (unpaired) electrons. The van der Waals surface area contributed by atoms with Gasteiger partial charge in [0.25, 0.3) is 0 Å². The minimum atomic E-state index is -0.0659. The van der Waals surface area contributed by atoms with Crippen molar-refractivity contribution >= 4 is 17.4 Å². The second kappa shape index (κ2) is 7.44. The average Bonchev–Trinajstić information content (AvgIpc) is 2.65. The lowest BCUT2D eigenvalue weighted by Gasteiger charge is -2.11. The van der Waals surface area contributed by atoms with Gasteiger partial charge in [0.05, 0.1) is 5.69 Å². The first-order valence-electron chi connectivity index (χ1n) is 7.93. The quantitative estimate of drug-likeness (QED) is 0.335. The van der Waals surface area contributed by atoms with E-state index in [-0.39, 0.29) is 23.4 Å². The van der Waals surface area contributed by atoms with Gasteiger partial charge in [-0.05, 0) is 30.3 Å². The molecule has 0 amide bonds. The van der Waals surface area contributed by atoms with E-state index in [2.05, 4.69) is 4.98 Å². The topological polar surface area (TPSA) is 157 Å². The largest absolute Gasteiger partial charge is 0.439 e. The highest BCUT2D eigenvalue weighted by Crippen LogP contribution is 2.30. The normalized spacial score (nSPS) is 10.2. The molecule has 2 aromatic carbocycles. The summed E-state index contributed by atoms with van der Waals surface area (Å²) in [6, 6.07) is 16.8. The van der Waals surface area contributed by atoms with Gasteiger partial charge in [-0.25, -0.2) is 0 Å². The summed E-state index contributed by atoms with van der Waals surface area (Å²) in [5.41, 5.74) is 18.3. The maximum absolute atomic E-state index is 7.50. The van der Waals surface area contributed by atoms with Crippen LogP contribution >= 0.6 is 0 Å². The molecule has 8 nitrogen and oxygen atoms in total. The van der Waals surface area contributed by atoms with Crippen LogP contribution in [0, 0.1) is 10.8 Å². The molecule has 3 rings (SSSR count). The molecule has 8 heteroatoms.